The molecule has 0 radical (unpaired) electrons. The fourth-order valence-electron chi connectivity index (χ4n) is 2.36. The van der Waals surface area contributed by atoms with Crippen LogP contribution in [0.4, 0.5) is 11.4 Å². The molecule has 0 unspecified atom stereocenters. The fraction of sp³-hybridized carbons (Fsp3) is 0.267. The molecule has 0 spiro atoms. The van der Waals surface area contributed by atoms with Crippen LogP contribution in [0.15, 0.2) is 35.7 Å². The van der Waals surface area contributed by atoms with E-state index in [2.05, 4.69) is 4.90 Å². The lowest BCUT2D eigenvalue weighted by Gasteiger charge is -2.30. The third-order valence-electron chi connectivity index (χ3n) is 3.36. The maximum Gasteiger partial charge on any atom is 0.205 e. The highest BCUT2D eigenvalue weighted by atomic mass is 32.1. The number of benzene rings is 1. The van der Waals surface area contributed by atoms with Crippen LogP contribution >= 0.6 is 11.3 Å². The highest BCUT2D eigenvalue weighted by Crippen LogP contribution is 2.27. The van der Waals surface area contributed by atoms with Gasteiger partial charge in [0.25, 0.3) is 0 Å². The predicted molar refractivity (Wildman–Crippen MR) is 81.6 cm³/mol. The second kappa shape index (κ2) is 5.64. The number of ether oxygens (including phenoxy) is 1. The number of carbonyl (C=O) groups is 1. The minimum Gasteiger partial charge on any atom is -0.399 e. The van der Waals surface area contributed by atoms with Crippen molar-refractivity contribution in [2.45, 2.75) is 0 Å². The van der Waals surface area contributed by atoms with Crippen molar-refractivity contribution in [2.75, 3.05) is 36.9 Å². The SMILES string of the molecule is Nc1ccc(N2CCOCC2)c(C(=O)c2cccs2)c1. The summed E-state index contributed by atoms with van der Waals surface area (Å²) in [5.74, 6) is 0.0359. The van der Waals surface area contributed by atoms with Crippen molar-refractivity contribution in [3.8, 4) is 0 Å². The van der Waals surface area contributed by atoms with E-state index in [1.807, 2.05) is 29.6 Å². The lowest BCUT2D eigenvalue weighted by molar-refractivity contribution is 0.104. The van der Waals surface area contributed by atoms with Crippen molar-refractivity contribution >= 4 is 28.5 Å². The zero-order valence-corrected chi connectivity index (χ0v) is 11.9. The second-order valence-corrected chi connectivity index (χ2v) is 5.63. The van der Waals surface area contributed by atoms with Crippen LogP contribution in [0.2, 0.25) is 0 Å². The third-order valence-corrected chi connectivity index (χ3v) is 4.23. The Morgan fingerprint density at radius 3 is 2.75 bits per heavy atom. The van der Waals surface area contributed by atoms with E-state index in [1.54, 1.807) is 6.07 Å². The Hall–Kier alpha value is -1.85. The van der Waals surface area contributed by atoms with Gasteiger partial charge in [-0.05, 0) is 29.6 Å². The standard InChI is InChI=1S/C15H16N2O2S/c16-11-3-4-13(17-5-7-19-8-6-17)12(10-11)15(18)14-2-1-9-20-14/h1-4,9-10H,5-8,16H2. The van der Waals surface area contributed by atoms with Crippen molar-refractivity contribution in [1.82, 2.24) is 0 Å². The van der Waals surface area contributed by atoms with Gasteiger partial charge in [0, 0.05) is 30.0 Å². The molecule has 1 aliphatic heterocycles. The van der Waals surface area contributed by atoms with Crippen LogP contribution < -0.4 is 10.6 Å². The minimum absolute atomic E-state index is 0.0359. The average molecular weight is 288 g/mol. The topological polar surface area (TPSA) is 55.6 Å². The van der Waals surface area contributed by atoms with Gasteiger partial charge in [-0.15, -0.1) is 11.3 Å². The van der Waals surface area contributed by atoms with E-state index in [1.165, 1.54) is 11.3 Å². The van der Waals surface area contributed by atoms with Crippen LogP contribution in [-0.4, -0.2) is 32.1 Å². The molecule has 5 heteroatoms. The summed E-state index contributed by atoms with van der Waals surface area (Å²) in [6, 6.07) is 9.28. The molecule has 1 aromatic heterocycles. The molecule has 0 saturated carbocycles. The zero-order chi connectivity index (χ0) is 13.9. The van der Waals surface area contributed by atoms with E-state index in [4.69, 9.17) is 10.5 Å². The summed E-state index contributed by atoms with van der Waals surface area (Å²) >= 11 is 1.45. The smallest absolute Gasteiger partial charge is 0.205 e. The molecule has 2 heterocycles. The molecule has 0 bridgehead atoms. The Morgan fingerprint density at radius 1 is 1.25 bits per heavy atom. The summed E-state index contributed by atoms with van der Waals surface area (Å²) in [5.41, 5.74) is 8.09. The summed E-state index contributed by atoms with van der Waals surface area (Å²) in [7, 11) is 0. The molecule has 3 rings (SSSR count). The number of rotatable bonds is 3. The summed E-state index contributed by atoms with van der Waals surface area (Å²) in [4.78, 5) is 15.5. The van der Waals surface area contributed by atoms with E-state index < -0.39 is 0 Å². The number of nitrogen functional groups attached to an aromatic ring is 1. The monoisotopic (exact) mass is 288 g/mol. The van der Waals surface area contributed by atoms with Gasteiger partial charge in [0.05, 0.1) is 18.1 Å². The molecule has 2 N–H and O–H groups in total. The molecular weight excluding hydrogens is 272 g/mol. The van der Waals surface area contributed by atoms with E-state index in [-0.39, 0.29) is 5.78 Å². The van der Waals surface area contributed by atoms with Gasteiger partial charge in [-0.2, -0.15) is 0 Å². The molecule has 104 valence electrons. The first kappa shape index (κ1) is 13.1. The lowest BCUT2D eigenvalue weighted by Crippen LogP contribution is -2.37. The Labute approximate surface area is 121 Å². The van der Waals surface area contributed by atoms with E-state index >= 15 is 0 Å². The number of nitrogens with zero attached hydrogens (tertiary/aromatic N) is 1. The molecule has 0 atom stereocenters. The van der Waals surface area contributed by atoms with E-state index in [0.29, 0.717) is 24.5 Å². The van der Waals surface area contributed by atoms with Gasteiger partial charge in [-0.1, -0.05) is 6.07 Å². The van der Waals surface area contributed by atoms with Crippen molar-refractivity contribution in [3.05, 3.63) is 46.2 Å². The normalized spacial score (nSPS) is 15.3. The van der Waals surface area contributed by atoms with Crippen LogP contribution in [0.3, 0.4) is 0 Å². The molecule has 1 fully saturated rings. The first-order valence-corrected chi connectivity index (χ1v) is 7.44. The number of hydrogen-bond acceptors (Lipinski definition) is 5. The van der Waals surface area contributed by atoms with Crippen molar-refractivity contribution in [1.29, 1.82) is 0 Å². The summed E-state index contributed by atoms with van der Waals surface area (Å²) in [6.07, 6.45) is 0. The predicted octanol–water partition coefficient (Wildman–Crippen LogP) is 2.40. The quantitative estimate of drug-likeness (QED) is 0.696. The highest BCUT2D eigenvalue weighted by Gasteiger charge is 2.20. The van der Waals surface area contributed by atoms with Crippen LogP contribution in [-0.2, 0) is 4.74 Å². The summed E-state index contributed by atoms with van der Waals surface area (Å²) < 4.78 is 5.37. The first-order chi connectivity index (χ1) is 9.75. The summed E-state index contributed by atoms with van der Waals surface area (Å²) in [5, 5.41) is 1.91. The Morgan fingerprint density at radius 2 is 2.05 bits per heavy atom. The highest BCUT2D eigenvalue weighted by molar-refractivity contribution is 7.12. The Balaban J connectivity index is 1.99. The number of carbonyl (C=O) groups excluding carboxylic acids is 1. The van der Waals surface area contributed by atoms with Crippen molar-refractivity contribution in [3.63, 3.8) is 0 Å². The van der Waals surface area contributed by atoms with Gasteiger partial charge < -0.3 is 15.4 Å². The average Bonchev–Trinajstić information content (AvgIpc) is 3.01. The summed E-state index contributed by atoms with van der Waals surface area (Å²) in [6.45, 7) is 2.98. The van der Waals surface area contributed by atoms with E-state index in [9.17, 15) is 4.79 Å². The van der Waals surface area contributed by atoms with Gasteiger partial charge in [-0.3, -0.25) is 4.79 Å². The third kappa shape index (κ3) is 2.55. The molecule has 1 aromatic carbocycles. The Kier molecular flexibility index (Phi) is 3.71. The van der Waals surface area contributed by atoms with Gasteiger partial charge in [0.1, 0.15) is 0 Å². The molecule has 0 aliphatic carbocycles. The Bertz CT molecular complexity index is 604. The largest absolute Gasteiger partial charge is 0.399 e. The second-order valence-electron chi connectivity index (χ2n) is 4.68. The minimum atomic E-state index is 0.0359. The molecule has 20 heavy (non-hydrogen) atoms. The van der Waals surface area contributed by atoms with Gasteiger partial charge >= 0.3 is 0 Å². The van der Waals surface area contributed by atoms with Crippen LogP contribution in [0, 0.1) is 0 Å². The fourth-order valence-corrected chi connectivity index (χ4v) is 3.03. The van der Waals surface area contributed by atoms with E-state index in [0.717, 1.165) is 23.7 Å². The van der Waals surface area contributed by atoms with Crippen molar-refractivity contribution in [2.24, 2.45) is 0 Å². The van der Waals surface area contributed by atoms with Gasteiger partial charge in [-0.25, -0.2) is 0 Å². The number of anilines is 2. The van der Waals surface area contributed by atoms with Crippen LogP contribution in [0.1, 0.15) is 15.2 Å². The van der Waals surface area contributed by atoms with Crippen LogP contribution in [0.25, 0.3) is 0 Å². The number of thiophene rings is 1. The maximum atomic E-state index is 12.6. The number of nitrogens with two attached hydrogens (primary N) is 1. The number of morpholine rings is 1. The van der Waals surface area contributed by atoms with Crippen LogP contribution in [0.5, 0.6) is 0 Å². The zero-order valence-electron chi connectivity index (χ0n) is 11.0. The van der Waals surface area contributed by atoms with Crippen molar-refractivity contribution < 1.29 is 9.53 Å². The molecule has 1 saturated heterocycles. The number of ketones is 1. The van der Waals surface area contributed by atoms with Gasteiger partial charge in [0.15, 0.2) is 0 Å². The maximum absolute atomic E-state index is 12.6. The lowest BCUT2D eigenvalue weighted by atomic mass is 10.0. The molecule has 1 aliphatic rings. The molecular formula is C15H16N2O2S. The van der Waals surface area contributed by atoms with Gasteiger partial charge in [0.2, 0.25) is 5.78 Å². The molecule has 0 amide bonds. The number of hydrogen-bond donors (Lipinski definition) is 1. The first-order valence-electron chi connectivity index (χ1n) is 6.56. The molecule has 2 aromatic rings. The molecule has 4 nitrogen and oxygen atoms in total.